The number of rotatable bonds is 5. The predicted molar refractivity (Wildman–Crippen MR) is 63.3 cm³/mol. The van der Waals surface area contributed by atoms with E-state index in [2.05, 4.69) is 0 Å². The van der Waals surface area contributed by atoms with Crippen LogP contribution in [0.2, 0.25) is 0 Å². The fraction of sp³-hybridized carbons (Fsp3) is 0.500. The molecule has 0 aliphatic heterocycles. The first-order valence-electron chi connectivity index (χ1n) is 5.49. The Bertz CT molecular complexity index is 486. The second-order valence-electron chi connectivity index (χ2n) is 4.42. The smallest absolute Gasteiger partial charge is 0.297 e. The van der Waals surface area contributed by atoms with Gasteiger partial charge in [0.25, 0.3) is 10.1 Å². The summed E-state index contributed by atoms with van der Waals surface area (Å²) in [6, 6.07) is 6.60. The van der Waals surface area contributed by atoms with Crippen molar-refractivity contribution < 1.29 is 17.3 Å². The van der Waals surface area contributed by atoms with Gasteiger partial charge in [0.2, 0.25) is 0 Å². The lowest BCUT2D eigenvalue weighted by Gasteiger charge is -2.13. The van der Waals surface area contributed by atoms with Crippen LogP contribution in [-0.2, 0) is 19.0 Å². The fourth-order valence-electron chi connectivity index (χ4n) is 1.50. The number of hydrogen-bond acceptors (Lipinski definition) is 4. The van der Waals surface area contributed by atoms with Crippen molar-refractivity contribution in [3.8, 4) is 0 Å². The fourth-order valence-corrected chi connectivity index (χ4v) is 2.48. The molecular weight excluding hydrogens is 240 g/mol. The summed E-state index contributed by atoms with van der Waals surface area (Å²) in [5.41, 5.74) is 0.636. The molecule has 1 fully saturated rings. The highest BCUT2D eigenvalue weighted by molar-refractivity contribution is 7.86. The summed E-state index contributed by atoms with van der Waals surface area (Å²) in [6.07, 6.45) is 1.71. The van der Waals surface area contributed by atoms with E-state index in [0.717, 1.165) is 18.4 Å². The molecule has 17 heavy (non-hydrogen) atoms. The molecule has 0 unspecified atom stereocenters. The molecule has 0 aromatic heterocycles. The molecule has 0 radical (unpaired) electrons. The Labute approximate surface area is 102 Å². The first-order chi connectivity index (χ1) is 7.97. The van der Waals surface area contributed by atoms with Crippen molar-refractivity contribution in [1.29, 1.82) is 0 Å². The number of methoxy groups -OCH3 is 1. The number of ether oxygens (including phenoxy) is 1. The van der Waals surface area contributed by atoms with Crippen LogP contribution in [0.5, 0.6) is 0 Å². The van der Waals surface area contributed by atoms with Crippen LogP contribution in [0.4, 0.5) is 0 Å². The third-order valence-electron chi connectivity index (χ3n) is 3.03. The van der Waals surface area contributed by atoms with Gasteiger partial charge in [-0.25, -0.2) is 0 Å². The van der Waals surface area contributed by atoms with Crippen molar-refractivity contribution in [3.63, 3.8) is 0 Å². The van der Waals surface area contributed by atoms with Gasteiger partial charge in [-0.1, -0.05) is 17.7 Å². The molecule has 2 rings (SSSR count). The molecule has 0 heterocycles. The lowest BCUT2D eigenvalue weighted by Crippen LogP contribution is -2.22. The van der Waals surface area contributed by atoms with Gasteiger partial charge in [0.1, 0.15) is 0 Å². The van der Waals surface area contributed by atoms with Crippen LogP contribution in [0.3, 0.4) is 0 Å². The minimum absolute atomic E-state index is 0.0969. The van der Waals surface area contributed by atoms with E-state index in [0.29, 0.717) is 0 Å². The molecule has 0 amide bonds. The zero-order chi connectivity index (χ0) is 12.5. The third kappa shape index (κ3) is 2.86. The summed E-state index contributed by atoms with van der Waals surface area (Å²) in [5, 5.41) is 0. The first-order valence-corrected chi connectivity index (χ1v) is 6.90. The minimum Gasteiger partial charge on any atom is -0.376 e. The number of benzene rings is 1. The second kappa shape index (κ2) is 4.40. The molecule has 1 aromatic rings. The molecule has 0 atom stereocenters. The summed E-state index contributed by atoms with van der Waals surface area (Å²) in [6.45, 7) is 2.00. The van der Waals surface area contributed by atoms with Crippen LogP contribution in [0.1, 0.15) is 18.4 Å². The molecule has 1 saturated carbocycles. The minimum atomic E-state index is -3.66. The summed E-state index contributed by atoms with van der Waals surface area (Å²) in [7, 11) is -2.08. The van der Waals surface area contributed by atoms with E-state index in [1.807, 2.05) is 6.92 Å². The maximum atomic E-state index is 11.9. The highest BCUT2D eigenvalue weighted by Gasteiger charge is 2.44. The number of hydrogen-bond donors (Lipinski definition) is 0. The van der Waals surface area contributed by atoms with E-state index < -0.39 is 10.1 Å². The Kier molecular flexibility index (Phi) is 3.25. The van der Waals surface area contributed by atoms with E-state index in [4.69, 9.17) is 8.92 Å². The van der Waals surface area contributed by atoms with Gasteiger partial charge in [0.15, 0.2) is 0 Å². The van der Waals surface area contributed by atoms with Crippen molar-refractivity contribution in [3.05, 3.63) is 29.8 Å². The van der Waals surface area contributed by atoms with Crippen molar-refractivity contribution in [1.82, 2.24) is 0 Å². The van der Waals surface area contributed by atoms with Crippen LogP contribution in [-0.4, -0.2) is 27.7 Å². The molecule has 1 aromatic carbocycles. The monoisotopic (exact) mass is 256 g/mol. The molecule has 0 bridgehead atoms. The topological polar surface area (TPSA) is 52.6 Å². The number of aryl methyl sites for hydroxylation is 1. The van der Waals surface area contributed by atoms with Gasteiger partial charge in [0, 0.05) is 7.11 Å². The molecule has 0 N–H and O–H groups in total. The van der Waals surface area contributed by atoms with Gasteiger partial charge in [0.05, 0.1) is 17.1 Å². The maximum absolute atomic E-state index is 11.9. The lowest BCUT2D eigenvalue weighted by molar-refractivity contribution is 0.0390. The summed E-state index contributed by atoms with van der Waals surface area (Å²) in [5.74, 6) is 0. The molecule has 0 saturated heterocycles. The lowest BCUT2D eigenvalue weighted by atomic mass is 10.2. The van der Waals surface area contributed by atoms with Gasteiger partial charge >= 0.3 is 0 Å². The van der Waals surface area contributed by atoms with Gasteiger partial charge in [-0.15, -0.1) is 0 Å². The Morgan fingerprint density at radius 1 is 1.24 bits per heavy atom. The largest absolute Gasteiger partial charge is 0.376 e. The zero-order valence-corrected chi connectivity index (χ0v) is 10.8. The highest BCUT2D eigenvalue weighted by Crippen LogP contribution is 2.39. The summed E-state index contributed by atoms with van der Waals surface area (Å²) >= 11 is 0. The Hall–Kier alpha value is -0.910. The third-order valence-corrected chi connectivity index (χ3v) is 4.31. The van der Waals surface area contributed by atoms with E-state index >= 15 is 0 Å². The summed E-state index contributed by atoms with van der Waals surface area (Å²) in [4.78, 5) is 0.190. The molecule has 94 valence electrons. The van der Waals surface area contributed by atoms with Crippen LogP contribution >= 0.6 is 0 Å². The van der Waals surface area contributed by atoms with Crippen molar-refractivity contribution in [2.24, 2.45) is 0 Å². The second-order valence-corrected chi connectivity index (χ2v) is 6.03. The van der Waals surface area contributed by atoms with Crippen LogP contribution in [0.15, 0.2) is 29.2 Å². The van der Waals surface area contributed by atoms with Gasteiger partial charge in [-0.3, -0.25) is 4.18 Å². The van der Waals surface area contributed by atoms with E-state index in [9.17, 15) is 8.42 Å². The molecule has 5 heteroatoms. The Morgan fingerprint density at radius 3 is 2.29 bits per heavy atom. The van der Waals surface area contributed by atoms with Crippen LogP contribution in [0.25, 0.3) is 0 Å². The maximum Gasteiger partial charge on any atom is 0.297 e. The Morgan fingerprint density at radius 2 is 1.82 bits per heavy atom. The quantitative estimate of drug-likeness (QED) is 0.755. The average Bonchev–Trinajstić information content (AvgIpc) is 3.08. The first kappa shape index (κ1) is 12.5. The van der Waals surface area contributed by atoms with Crippen molar-refractivity contribution >= 4 is 10.1 Å². The molecule has 0 spiro atoms. The Balaban J connectivity index is 2.06. The standard InChI is InChI=1S/C12H16O4S/c1-10-3-5-11(6-4-10)17(13,14)16-9-12(15-2)7-8-12/h3-6H,7-9H2,1-2H3. The molecule has 4 nitrogen and oxygen atoms in total. The van der Waals surface area contributed by atoms with E-state index in [-0.39, 0.29) is 17.1 Å². The van der Waals surface area contributed by atoms with Gasteiger partial charge in [-0.05, 0) is 31.9 Å². The molecule has 1 aliphatic rings. The SMILES string of the molecule is COC1(COS(=O)(=O)c2ccc(C)cc2)CC1. The van der Waals surface area contributed by atoms with Crippen LogP contribution < -0.4 is 0 Å². The average molecular weight is 256 g/mol. The van der Waals surface area contributed by atoms with E-state index in [1.54, 1.807) is 31.4 Å². The van der Waals surface area contributed by atoms with E-state index in [1.165, 1.54) is 0 Å². The van der Waals surface area contributed by atoms with Gasteiger partial charge in [-0.2, -0.15) is 8.42 Å². The normalized spacial score (nSPS) is 18.0. The zero-order valence-electron chi connectivity index (χ0n) is 9.97. The molecular formula is C12H16O4S. The van der Waals surface area contributed by atoms with Crippen LogP contribution in [0, 0.1) is 6.92 Å². The van der Waals surface area contributed by atoms with Crippen molar-refractivity contribution in [2.45, 2.75) is 30.3 Å². The summed E-state index contributed by atoms with van der Waals surface area (Å²) < 4.78 is 33.9. The van der Waals surface area contributed by atoms with Crippen molar-refractivity contribution in [2.75, 3.05) is 13.7 Å². The highest BCUT2D eigenvalue weighted by atomic mass is 32.2. The predicted octanol–water partition coefficient (Wildman–Crippen LogP) is 1.88. The van der Waals surface area contributed by atoms with Gasteiger partial charge < -0.3 is 4.74 Å². The molecule has 1 aliphatic carbocycles.